The molecule has 2 N–H and O–H groups in total. The van der Waals surface area contributed by atoms with Gasteiger partial charge in [-0.05, 0) is 55.8 Å². The predicted molar refractivity (Wildman–Crippen MR) is 88.4 cm³/mol. The molecule has 0 saturated carbocycles. The predicted octanol–water partition coefficient (Wildman–Crippen LogP) is 3.60. The van der Waals surface area contributed by atoms with Gasteiger partial charge >= 0.3 is 0 Å². The molecule has 21 heavy (non-hydrogen) atoms. The molecule has 0 aliphatic carbocycles. The van der Waals surface area contributed by atoms with Crippen LogP contribution < -0.4 is 10.6 Å². The van der Waals surface area contributed by atoms with Gasteiger partial charge in [-0.25, -0.2) is 0 Å². The van der Waals surface area contributed by atoms with Crippen LogP contribution in [0, 0.1) is 11.8 Å². The summed E-state index contributed by atoms with van der Waals surface area (Å²) in [5, 5.41) is 6.54. The van der Waals surface area contributed by atoms with E-state index in [0.717, 1.165) is 31.6 Å². The second-order valence-corrected chi connectivity index (χ2v) is 6.24. The molecule has 1 fully saturated rings. The first-order valence-electron chi connectivity index (χ1n) is 8.29. The van der Waals surface area contributed by atoms with Crippen LogP contribution in [0.1, 0.15) is 45.1 Å². The molecule has 3 heteroatoms. The average Bonchev–Trinajstić information content (AvgIpc) is 2.50. The van der Waals surface area contributed by atoms with Gasteiger partial charge in [0.25, 0.3) is 0 Å². The standard InChI is InChI=1S/C18H28N2O/c1-3-7-15-8-4-5-10-17(15)20-18(21)12-14(2)16-9-6-11-19-13-16/h4-5,8,10,14,16,19H,3,6-7,9,11-13H2,1-2H3,(H,20,21). The Balaban J connectivity index is 1.89. The summed E-state index contributed by atoms with van der Waals surface area (Å²) in [4.78, 5) is 12.3. The van der Waals surface area contributed by atoms with E-state index in [-0.39, 0.29) is 5.91 Å². The molecular formula is C18H28N2O. The van der Waals surface area contributed by atoms with Crippen LogP contribution in [0.4, 0.5) is 5.69 Å². The molecule has 1 aromatic rings. The van der Waals surface area contributed by atoms with Crippen LogP contribution in [0.5, 0.6) is 0 Å². The highest BCUT2D eigenvalue weighted by Gasteiger charge is 2.22. The minimum Gasteiger partial charge on any atom is -0.326 e. The van der Waals surface area contributed by atoms with Crippen molar-refractivity contribution < 1.29 is 4.79 Å². The number of hydrogen-bond donors (Lipinski definition) is 2. The molecule has 2 rings (SSSR count). The Bertz CT molecular complexity index is 452. The van der Waals surface area contributed by atoms with Gasteiger partial charge in [0, 0.05) is 12.1 Å². The van der Waals surface area contributed by atoms with Crippen LogP contribution in [0.25, 0.3) is 0 Å². The zero-order valence-electron chi connectivity index (χ0n) is 13.3. The van der Waals surface area contributed by atoms with Crippen molar-refractivity contribution in [3.05, 3.63) is 29.8 Å². The van der Waals surface area contributed by atoms with Crippen molar-refractivity contribution in [3.63, 3.8) is 0 Å². The minimum absolute atomic E-state index is 0.150. The first-order chi connectivity index (χ1) is 10.2. The van der Waals surface area contributed by atoms with Gasteiger partial charge in [-0.15, -0.1) is 0 Å². The smallest absolute Gasteiger partial charge is 0.224 e. The molecule has 1 saturated heterocycles. The number of hydrogen-bond acceptors (Lipinski definition) is 2. The first-order valence-corrected chi connectivity index (χ1v) is 8.29. The van der Waals surface area contributed by atoms with Gasteiger partial charge in [-0.2, -0.15) is 0 Å². The Morgan fingerprint density at radius 3 is 2.95 bits per heavy atom. The normalized spacial score (nSPS) is 20.0. The molecular weight excluding hydrogens is 260 g/mol. The van der Waals surface area contributed by atoms with Crippen LogP contribution >= 0.6 is 0 Å². The third-order valence-electron chi connectivity index (χ3n) is 4.46. The summed E-state index contributed by atoms with van der Waals surface area (Å²) in [6.07, 6.45) is 5.20. The van der Waals surface area contributed by atoms with Gasteiger partial charge < -0.3 is 10.6 Å². The molecule has 0 bridgehead atoms. The molecule has 1 aliphatic rings. The topological polar surface area (TPSA) is 41.1 Å². The first kappa shape index (κ1) is 16.0. The largest absolute Gasteiger partial charge is 0.326 e. The van der Waals surface area contributed by atoms with E-state index in [9.17, 15) is 4.79 Å². The van der Waals surface area contributed by atoms with Gasteiger partial charge in [-0.3, -0.25) is 4.79 Å². The molecule has 1 aliphatic heterocycles. The maximum Gasteiger partial charge on any atom is 0.224 e. The fraction of sp³-hybridized carbons (Fsp3) is 0.611. The second kappa shape index (κ2) is 8.18. The molecule has 0 spiro atoms. The fourth-order valence-electron chi connectivity index (χ4n) is 3.15. The van der Waals surface area contributed by atoms with Crippen molar-refractivity contribution in [2.24, 2.45) is 11.8 Å². The van der Waals surface area contributed by atoms with E-state index in [1.54, 1.807) is 0 Å². The second-order valence-electron chi connectivity index (χ2n) is 6.24. The number of rotatable bonds is 6. The van der Waals surface area contributed by atoms with Crippen molar-refractivity contribution in [3.8, 4) is 0 Å². The van der Waals surface area contributed by atoms with E-state index in [2.05, 4.69) is 30.5 Å². The summed E-state index contributed by atoms with van der Waals surface area (Å²) in [6.45, 7) is 6.55. The van der Waals surface area contributed by atoms with Gasteiger partial charge in [0.05, 0.1) is 0 Å². The number of benzene rings is 1. The van der Waals surface area contributed by atoms with E-state index in [1.807, 2.05) is 18.2 Å². The highest BCUT2D eigenvalue weighted by molar-refractivity contribution is 5.91. The zero-order chi connectivity index (χ0) is 15.1. The molecule has 1 aromatic carbocycles. The lowest BCUT2D eigenvalue weighted by Gasteiger charge is -2.28. The monoisotopic (exact) mass is 288 g/mol. The van der Waals surface area contributed by atoms with Crippen LogP contribution in [0.15, 0.2) is 24.3 Å². The van der Waals surface area contributed by atoms with E-state index in [1.165, 1.54) is 18.4 Å². The molecule has 1 heterocycles. The summed E-state index contributed by atoms with van der Waals surface area (Å²) in [5.41, 5.74) is 2.22. The Morgan fingerprint density at radius 1 is 1.43 bits per heavy atom. The Labute approximate surface area is 128 Å². The lowest BCUT2D eigenvalue weighted by Crippen LogP contribution is -2.34. The number of carbonyl (C=O) groups excluding carboxylic acids is 1. The zero-order valence-corrected chi connectivity index (χ0v) is 13.3. The molecule has 3 nitrogen and oxygen atoms in total. The molecule has 0 radical (unpaired) electrons. The van der Waals surface area contributed by atoms with Crippen LogP contribution in [0.3, 0.4) is 0 Å². The van der Waals surface area contributed by atoms with E-state index < -0.39 is 0 Å². The number of carbonyl (C=O) groups is 1. The Kier molecular flexibility index (Phi) is 6.24. The van der Waals surface area contributed by atoms with Gasteiger partial charge in [-0.1, -0.05) is 38.5 Å². The summed E-state index contributed by atoms with van der Waals surface area (Å²) in [7, 11) is 0. The van der Waals surface area contributed by atoms with Crippen molar-refractivity contribution in [1.82, 2.24) is 5.32 Å². The highest BCUT2D eigenvalue weighted by atomic mass is 16.1. The third kappa shape index (κ3) is 4.85. The maximum absolute atomic E-state index is 12.3. The quantitative estimate of drug-likeness (QED) is 0.839. The van der Waals surface area contributed by atoms with Crippen molar-refractivity contribution in [2.75, 3.05) is 18.4 Å². The SMILES string of the molecule is CCCc1ccccc1NC(=O)CC(C)C1CCCNC1. The number of amides is 1. The molecule has 2 unspecified atom stereocenters. The van der Waals surface area contributed by atoms with Crippen LogP contribution in [0.2, 0.25) is 0 Å². The molecule has 1 amide bonds. The molecule has 2 atom stereocenters. The van der Waals surface area contributed by atoms with Crippen molar-refractivity contribution in [1.29, 1.82) is 0 Å². The lowest BCUT2D eigenvalue weighted by molar-refractivity contribution is -0.117. The number of para-hydroxylation sites is 1. The van der Waals surface area contributed by atoms with Crippen LogP contribution in [-0.4, -0.2) is 19.0 Å². The van der Waals surface area contributed by atoms with Gasteiger partial charge in [0.1, 0.15) is 0 Å². The summed E-state index contributed by atoms with van der Waals surface area (Å²) < 4.78 is 0. The molecule has 0 aromatic heterocycles. The Hall–Kier alpha value is -1.35. The summed E-state index contributed by atoms with van der Waals surface area (Å²) in [6, 6.07) is 8.14. The van der Waals surface area contributed by atoms with Crippen LogP contribution in [-0.2, 0) is 11.2 Å². The lowest BCUT2D eigenvalue weighted by atomic mass is 9.85. The number of piperidine rings is 1. The Morgan fingerprint density at radius 2 is 2.24 bits per heavy atom. The van der Waals surface area contributed by atoms with Crippen molar-refractivity contribution >= 4 is 11.6 Å². The number of anilines is 1. The average molecular weight is 288 g/mol. The maximum atomic E-state index is 12.3. The van der Waals surface area contributed by atoms with E-state index in [0.29, 0.717) is 18.3 Å². The number of aryl methyl sites for hydroxylation is 1. The van der Waals surface area contributed by atoms with Gasteiger partial charge in [0.15, 0.2) is 0 Å². The fourth-order valence-corrected chi connectivity index (χ4v) is 3.15. The highest BCUT2D eigenvalue weighted by Crippen LogP contribution is 2.24. The summed E-state index contributed by atoms with van der Waals surface area (Å²) in [5.74, 6) is 1.23. The number of nitrogens with one attached hydrogen (secondary N) is 2. The van der Waals surface area contributed by atoms with Crippen molar-refractivity contribution in [2.45, 2.75) is 46.0 Å². The minimum atomic E-state index is 0.150. The van der Waals surface area contributed by atoms with Gasteiger partial charge in [0.2, 0.25) is 5.91 Å². The van der Waals surface area contributed by atoms with E-state index >= 15 is 0 Å². The van der Waals surface area contributed by atoms with E-state index in [4.69, 9.17) is 0 Å². The third-order valence-corrected chi connectivity index (χ3v) is 4.46. The molecule has 116 valence electrons. The summed E-state index contributed by atoms with van der Waals surface area (Å²) >= 11 is 0.